The Bertz CT molecular complexity index is 138. The van der Waals surface area contributed by atoms with Crippen LogP contribution in [0.25, 0.3) is 0 Å². The number of nitrogens with two attached hydrogens (primary N) is 1. The van der Waals surface area contributed by atoms with Crippen LogP contribution in [-0.4, -0.2) is 18.3 Å². The molecule has 0 aromatic carbocycles. The molecule has 7 heteroatoms. The average molecular weight is 190 g/mol. The summed E-state index contributed by atoms with van der Waals surface area (Å²) in [6.07, 6.45) is -0.0955. The molecule has 0 unspecified atom stereocenters. The quantitative estimate of drug-likeness (QED) is 0.648. The van der Waals surface area contributed by atoms with E-state index in [2.05, 4.69) is 11.1 Å². The molecule has 3 nitrogen and oxygen atoms in total. The van der Waals surface area contributed by atoms with Crippen molar-refractivity contribution in [3.05, 3.63) is 0 Å². The van der Waals surface area contributed by atoms with Crippen LogP contribution in [-0.2, 0) is 0 Å². The lowest BCUT2D eigenvalue weighted by atomic mass is 10.5. The molecular formula is C4H9F3N2OS. The van der Waals surface area contributed by atoms with Crippen molar-refractivity contribution >= 4 is 17.2 Å². The molecule has 0 aliphatic rings. The molecule has 0 rings (SSSR count). The third-order valence-electron chi connectivity index (χ3n) is 0.852. The van der Waals surface area contributed by atoms with E-state index >= 15 is 0 Å². The van der Waals surface area contributed by atoms with E-state index in [4.69, 9.17) is 0 Å². The standard InChI is InChI=1S/C4H9F3N2OS/c5-11(6,7)3-1-2-9-4(8)10/h1-3H2,(H3,8,9,10). The third kappa shape index (κ3) is 9.41. The molecular weight excluding hydrogens is 181 g/mol. The molecule has 3 N–H and O–H groups in total. The van der Waals surface area contributed by atoms with Gasteiger partial charge in [0.25, 0.3) is 0 Å². The summed E-state index contributed by atoms with van der Waals surface area (Å²) in [7, 11) is 0. The van der Waals surface area contributed by atoms with E-state index in [1.54, 1.807) is 0 Å². The fraction of sp³-hybridized carbons (Fsp3) is 0.750. The van der Waals surface area contributed by atoms with Crippen molar-refractivity contribution in [1.82, 2.24) is 5.32 Å². The maximum atomic E-state index is 11.5. The van der Waals surface area contributed by atoms with Crippen molar-refractivity contribution < 1.29 is 16.5 Å². The second-order valence-corrected chi connectivity index (χ2v) is 3.26. The maximum absolute atomic E-state index is 11.5. The number of primary amides is 1. The summed E-state index contributed by atoms with van der Waals surface area (Å²) in [5.74, 6) is -0.812. The molecule has 0 aliphatic carbocycles. The molecule has 0 atom stereocenters. The highest BCUT2D eigenvalue weighted by atomic mass is 32.3. The zero-order valence-electron chi connectivity index (χ0n) is 5.65. The number of amides is 2. The summed E-state index contributed by atoms with van der Waals surface area (Å²) in [6, 6.07) is -0.790. The number of hydrogen-bond acceptors (Lipinski definition) is 1. The second kappa shape index (κ2) is 4.32. The smallest absolute Gasteiger partial charge is 0.312 e. The van der Waals surface area contributed by atoms with E-state index < -0.39 is 23.0 Å². The fourth-order valence-electron chi connectivity index (χ4n) is 0.447. The van der Waals surface area contributed by atoms with Crippen LogP contribution in [0.2, 0.25) is 0 Å². The fourth-order valence-corrected chi connectivity index (χ4v) is 0.919. The number of carbonyl (C=O) groups excluding carboxylic acids is 1. The number of rotatable bonds is 4. The molecule has 68 valence electrons. The number of urea groups is 1. The largest absolute Gasteiger partial charge is 0.352 e. The van der Waals surface area contributed by atoms with Crippen LogP contribution >= 0.6 is 11.2 Å². The Morgan fingerprint density at radius 3 is 2.36 bits per heavy atom. The molecule has 0 aromatic rings. The average Bonchev–Trinajstić information content (AvgIpc) is 1.78. The first-order valence-corrected chi connectivity index (χ1v) is 4.35. The van der Waals surface area contributed by atoms with Crippen LogP contribution in [0.3, 0.4) is 0 Å². The SMILES string of the molecule is NC(=O)NCCCS(F)(F)F. The van der Waals surface area contributed by atoms with Crippen LogP contribution in [0.5, 0.6) is 0 Å². The van der Waals surface area contributed by atoms with E-state index in [0.717, 1.165) is 0 Å². The Hall–Kier alpha value is -0.590. The minimum atomic E-state index is -4.91. The van der Waals surface area contributed by atoms with E-state index in [-0.39, 0.29) is 13.0 Å². The summed E-state index contributed by atoms with van der Waals surface area (Å²) < 4.78 is 34.6. The van der Waals surface area contributed by atoms with Gasteiger partial charge in [-0.15, -0.1) is 11.7 Å². The van der Waals surface area contributed by atoms with Crippen LogP contribution in [0.1, 0.15) is 6.42 Å². The van der Waals surface area contributed by atoms with Crippen molar-refractivity contribution in [2.24, 2.45) is 5.73 Å². The number of halogens is 3. The normalized spacial score (nSPS) is 12.6. The summed E-state index contributed by atoms with van der Waals surface area (Å²) in [6.45, 7) is -0.0121. The summed E-state index contributed by atoms with van der Waals surface area (Å²) in [4.78, 5) is 9.96. The van der Waals surface area contributed by atoms with Gasteiger partial charge >= 0.3 is 6.03 Å². The van der Waals surface area contributed by atoms with Gasteiger partial charge in [-0.25, -0.2) is 4.79 Å². The van der Waals surface area contributed by atoms with E-state index in [0.29, 0.717) is 0 Å². The zero-order valence-corrected chi connectivity index (χ0v) is 6.47. The Kier molecular flexibility index (Phi) is 4.09. The number of carbonyl (C=O) groups is 1. The molecule has 0 aliphatic heterocycles. The van der Waals surface area contributed by atoms with Crippen molar-refractivity contribution in [3.63, 3.8) is 0 Å². The molecule has 0 saturated heterocycles. The third-order valence-corrected chi connectivity index (χ3v) is 1.60. The van der Waals surface area contributed by atoms with Gasteiger partial charge < -0.3 is 11.1 Å². The summed E-state index contributed by atoms with van der Waals surface area (Å²) >= 11 is -4.91. The topological polar surface area (TPSA) is 55.1 Å². The highest BCUT2D eigenvalue weighted by Crippen LogP contribution is 2.53. The number of hydrogen-bond donors (Lipinski definition) is 2. The lowest BCUT2D eigenvalue weighted by molar-refractivity contribution is 0.249. The highest BCUT2D eigenvalue weighted by molar-refractivity contribution is 8.20. The second-order valence-electron chi connectivity index (χ2n) is 1.85. The van der Waals surface area contributed by atoms with Crippen molar-refractivity contribution in [2.45, 2.75) is 6.42 Å². The molecule has 0 radical (unpaired) electrons. The first-order valence-electron chi connectivity index (χ1n) is 2.85. The molecule has 11 heavy (non-hydrogen) atoms. The van der Waals surface area contributed by atoms with Gasteiger partial charge in [-0.05, 0) is 6.42 Å². The molecule has 0 saturated carbocycles. The van der Waals surface area contributed by atoms with Gasteiger partial charge in [-0.3, -0.25) is 0 Å². The van der Waals surface area contributed by atoms with Gasteiger partial charge in [0.1, 0.15) is 0 Å². The van der Waals surface area contributed by atoms with Crippen molar-refractivity contribution in [1.29, 1.82) is 0 Å². The van der Waals surface area contributed by atoms with Crippen molar-refractivity contribution in [3.8, 4) is 0 Å². The lowest BCUT2D eigenvalue weighted by Crippen LogP contribution is -2.30. The Balaban J connectivity index is 3.22. The predicted molar refractivity (Wildman–Crippen MR) is 38.0 cm³/mol. The monoisotopic (exact) mass is 190 g/mol. The molecule has 0 heterocycles. The van der Waals surface area contributed by atoms with Gasteiger partial charge in [-0.1, -0.05) is 0 Å². The molecule has 0 bridgehead atoms. The molecule has 0 spiro atoms. The first kappa shape index (κ1) is 10.4. The minimum absolute atomic E-state index is 0.0121. The Morgan fingerprint density at radius 2 is 2.00 bits per heavy atom. The van der Waals surface area contributed by atoms with E-state index in [1.807, 2.05) is 0 Å². The maximum Gasteiger partial charge on any atom is 0.312 e. The van der Waals surface area contributed by atoms with Gasteiger partial charge in [0.05, 0.1) is 5.75 Å². The van der Waals surface area contributed by atoms with Crippen LogP contribution in [0, 0.1) is 0 Å². The van der Waals surface area contributed by atoms with Gasteiger partial charge in [0.15, 0.2) is 0 Å². The molecule has 0 fully saturated rings. The van der Waals surface area contributed by atoms with Gasteiger partial charge in [-0.2, -0.15) is 0 Å². The Labute approximate surface area is 64.3 Å². The predicted octanol–water partition coefficient (Wildman–Crippen LogP) is 1.50. The number of nitrogens with one attached hydrogen (secondary N) is 1. The molecule has 2 amide bonds. The summed E-state index contributed by atoms with van der Waals surface area (Å²) in [5.41, 5.74) is 4.62. The highest BCUT2D eigenvalue weighted by Gasteiger charge is 2.19. The zero-order chi connectivity index (χ0) is 8.91. The van der Waals surface area contributed by atoms with Crippen LogP contribution < -0.4 is 11.1 Å². The summed E-state index contributed by atoms with van der Waals surface area (Å²) in [5, 5.41) is 2.07. The first-order chi connectivity index (χ1) is 4.92. The van der Waals surface area contributed by atoms with Crippen LogP contribution in [0.4, 0.5) is 16.5 Å². The lowest BCUT2D eigenvalue weighted by Gasteiger charge is -2.08. The molecule has 0 aromatic heterocycles. The van der Waals surface area contributed by atoms with Crippen LogP contribution in [0.15, 0.2) is 0 Å². The van der Waals surface area contributed by atoms with Gasteiger partial charge in [0, 0.05) is 6.54 Å². The van der Waals surface area contributed by atoms with Crippen molar-refractivity contribution in [2.75, 3.05) is 12.3 Å². The minimum Gasteiger partial charge on any atom is -0.352 e. The Morgan fingerprint density at radius 1 is 1.45 bits per heavy atom. The van der Waals surface area contributed by atoms with Gasteiger partial charge in [0.2, 0.25) is 11.2 Å². The van der Waals surface area contributed by atoms with E-state index in [1.165, 1.54) is 0 Å². The van der Waals surface area contributed by atoms with E-state index in [9.17, 15) is 16.5 Å².